The highest BCUT2D eigenvalue weighted by molar-refractivity contribution is 5.91. The lowest BCUT2D eigenvalue weighted by Gasteiger charge is -2.24. The van der Waals surface area contributed by atoms with Gasteiger partial charge < -0.3 is 9.64 Å². The number of nitrogens with zero attached hydrogens (tertiary/aromatic N) is 2. The van der Waals surface area contributed by atoms with Crippen LogP contribution in [0, 0.1) is 5.82 Å². The van der Waals surface area contributed by atoms with E-state index in [1.165, 1.54) is 6.07 Å². The topological polar surface area (TPSA) is 42.4 Å². The van der Waals surface area contributed by atoms with E-state index < -0.39 is 5.41 Å². The molecule has 4 rings (SSSR count). The Morgan fingerprint density at radius 1 is 1.21 bits per heavy atom. The molecule has 1 amide bonds. The van der Waals surface area contributed by atoms with Gasteiger partial charge in [0.2, 0.25) is 5.91 Å². The Morgan fingerprint density at radius 2 is 1.96 bits per heavy atom. The van der Waals surface area contributed by atoms with Crippen molar-refractivity contribution in [3.63, 3.8) is 0 Å². The quantitative estimate of drug-likeness (QED) is 0.867. The predicted molar refractivity (Wildman–Crippen MR) is 87.2 cm³/mol. The van der Waals surface area contributed by atoms with Crippen LogP contribution < -0.4 is 4.74 Å². The fraction of sp³-hybridized carbons (Fsp3) is 0.368. The summed E-state index contributed by atoms with van der Waals surface area (Å²) in [7, 11) is 0. The predicted octanol–water partition coefficient (Wildman–Crippen LogP) is 2.93. The van der Waals surface area contributed by atoms with Crippen molar-refractivity contribution in [2.24, 2.45) is 0 Å². The lowest BCUT2D eigenvalue weighted by atomic mass is 9.94. The maximum atomic E-state index is 14.1. The van der Waals surface area contributed by atoms with Crippen molar-refractivity contribution in [2.45, 2.75) is 30.8 Å². The molecule has 2 fully saturated rings. The Kier molecular flexibility index (Phi) is 3.71. The molecule has 2 aromatic rings. The number of rotatable bonds is 4. The largest absolute Gasteiger partial charge is 0.488 e. The van der Waals surface area contributed by atoms with Crippen LogP contribution in [0.15, 0.2) is 48.8 Å². The molecule has 2 heterocycles. The molecule has 0 unspecified atom stereocenters. The SMILES string of the molecule is O=C(N1CC[C@@H](Oc2ccncc2)C1)C1(c2ccccc2F)CC1. The zero-order valence-corrected chi connectivity index (χ0v) is 13.3. The van der Waals surface area contributed by atoms with Crippen LogP contribution in [0.4, 0.5) is 4.39 Å². The number of hydrogen-bond donors (Lipinski definition) is 0. The highest BCUT2D eigenvalue weighted by Gasteiger charge is 2.55. The number of likely N-dealkylation sites (tertiary alicyclic amines) is 1. The second-order valence-electron chi connectivity index (χ2n) is 6.52. The molecule has 124 valence electrons. The van der Waals surface area contributed by atoms with E-state index in [2.05, 4.69) is 4.98 Å². The summed E-state index contributed by atoms with van der Waals surface area (Å²) in [6.45, 7) is 1.21. The monoisotopic (exact) mass is 326 g/mol. The number of carbonyl (C=O) groups excluding carboxylic acids is 1. The van der Waals surface area contributed by atoms with Crippen molar-refractivity contribution >= 4 is 5.91 Å². The number of carbonyl (C=O) groups is 1. The summed E-state index contributed by atoms with van der Waals surface area (Å²) < 4.78 is 20.0. The van der Waals surface area contributed by atoms with Crippen LogP contribution in [0.25, 0.3) is 0 Å². The van der Waals surface area contributed by atoms with Gasteiger partial charge in [-0.05, 0) is 31.0 Å². The van der Waals surface area contributed by atoms with Crippen LogP contribution >= 0.6 is 0 Å². The summed E-state index contributed by atoms with van der Waals surface area (Å²) >= 11 is 0. The molecule has 1 aliphatic carbocycles. The Labute approximate surface area is 140 Å². The lowest BCUT2D eigenvalue weighted by Crippen LogP contribution is -2.39. The number of aromatic nitrogens is 1. The first kappa shape index (κ1) is 15.1. The van der Waals surface area contributed by atoms with E-state index in [0.717, 1.165) is 25.0 Å². The Bertz CT molecular complexity index is 746. The zero-order valence-electron chi connectivity index (χ0n) is 13.3. The first-order chi connectivity index (χ1) is 11.7. The molecular weight excluding hydrogens is 307 g/mol. The Morgan fingerprint density at radius 3 is 2.67 bits per heavy atom. The minimum absolute atomic E-state index is 0.0206. The third-order valence-electron chi connectivity index (χ3n) is 4.93. The minimum Gasteiger partial charge on any atom is -0.488 e. The van der Waals surface area contributed by atoms with E-state index >= 15 is 0 Å². The van der Waals surface area contributed by atoms with Crippen LogP contribution in [0.3, 0.4) is 0 Å². The smallest absolute Gasteiger partial charge is 0.233 e. The molecule has 1 saturated heterocycles. The molecule has 1 saturated carbocycles. The average molecular weight is 326 g/mol. The maximum Gasteiger partial charge on any atom is 0.233 e. The van der Waals surface area contributed by atoms with Crippen LogP contribution in [0.2, 0.25) is 0 Å². The van der Waals surface area contributed by atoms with Crippen molar-refractivity contribution < 1.29 is 13.9 Å². The molecule has 1 aromatic carbocycles. The maximum absolute atomic E-state index is 14.1. The van der Waals surface area contributed by atoms with Crippen molar-refractivity contribution in [3.8, 4) is 5.75 Å². The molecule has 1 aromatic heterocycles. The normalized spacial score (nSPS) is 21.5. The van der Waals surface area contributed by atoms with E-state index in [4.69, 9.17) is 4.74 Å². The van der Waals surface area contributed by atoms with Gasteiger partial charge in [0.25, 0.3) is 0 Å². The molecule has 0 spiro atoms. The molecule has 1 atom stereocenters. The second-order valence-corrected chi connectivity index (χ2v) is 6.52. The highest BCUT2D eigenvalue weighted by atomic mass is 19.1. The van der Waals surface area contributed by atoms with Crippen molar-refractivity contribution in [1.82, 2.24) is 9.88 Å². The van der Waals surface area contributed by atoms with Gasteiger partial charge in [-0.1, -0.05) is 18.2 Å². The standard InChI is InChI=1S/C19H19FN2O2/c20-17-4-2-1-3-16(17)19(8-9-19)18(23)22-12-7-15(13-22)24-14-5-10-21-11-6-14/h1-6,10-11,15H,7-9,12-13H2/t15-/m1/s1. The molecular formula is C19H19FN2O2. The first-order valence-electron chi connectivity index (χ1n) is 8.30. The van der Waals surface area contributed by atoms with Gasteiger partial charge in [-0.3, -0.25) is 9.78 Å². The van der Waals surface area contributed by atoms with Crippen molar-refractivity contribution in [2.75, 3.05) is 13.1 Å². The van der Waals surface area contributed by atoms with Gasteiger partial charge in [0, 0.05) is 30.9 Å². The summed E-state index contributed by atoms with van der Waals surface area (Å²) in [5, 5.41) is 0. The average Bonchev–Trinajstić information content (AvgIpc) is 3.28. The molecule has 0 N–H and O–H groups in total. The van der Waals surface area contributed by atoms with Crippen LogP contribution in [0.5, 0.6) is 5.75 Å². The summed E-state index contributed by atoms with van der Waals surface area (Å²) in [6, 6.07) is 10.3. The lowest BCUT2D eigenvalue weighted by molar-refractivity contribution is -0.133. The van der Waals surface area contributed by atoms with Gasteiger partial charge in [-0.2, -0.15) is 0 Å². The van der Waals surface area contributed by atoms with Gasteiger partial charge in [0.15, 0.2) is 0 Å². The second kappa shape index (κ2) is 5.89. The van der Waals surface area contributed by atoms with E-state index in [-0.39, 0.29) is 17.8 Å². The molecule has 2 aliphatic rings. The number of hydrogen-bond acceptors (Lipinski definition) is 3. The molecule has 5 heteroatoms. The molecule has 1 aliphatic heterocycles. The number of pyridine rings is 1. The molecule has 0 radical (unpaired) electrons. The zero-order chi connectivity index (χ0) is 16.6. The third-order valence-corrected chi connectivity index (χ3v) is 4.93. The van der Waals surface area contributed by atoms with E-state index in [1.807, 2.05) is 17.0 Å². The minimum atomic E-state index is -0.656. The number of halogens is 1. The van der Waals surface area contributed by atoms with Gasteiger partial charge in [0.05, 0.1) is 12.0 Å². The third kappa shape index (κ3) is 2.64. The summed E-state index contributed by atoms with van der Waals surface area (Å²) in [5.41, 5.74) is -0.120. The van der Waals surface area contributed by atoms with Gasteiger partial charge in [0.1, 0.15) is 17.7 Å². The molecule has 0 bridgehead atoms. The van der Waals surface area contributed by atoms with Crippen molar-refractivity contribution in [1.29, 1.82) is 0 Å². The van der Waals surface area contributed by atoms with Crippen LogP contribution in [0.1, 0.15) is 24.8 Å². The van der Waals surface area contributed by atoms with Crippen LogP contribution in [-0.4, -0.2) is 35.0 Å². The highest BCUT2D eigenvalue weighted by Crippen LogP contribution is 2.50. The van der Waals surface area contributed by atoms with Crippen LogP contribution in [-0.2, 0) is 10.2 Å². The van der Waals surface area contributed by atoms with Gasteiger partial charge >= 0.3 is 0 Å². The number of benzene rings is 1. The Balaban J connectivity index is 1.46. The summed E-state index contributed by atoms with van der Waals surface area (Å²) in [5.74, 6) is 0.514. The fourth-order valence-corrected chi connectivity index (χ4v) is 3.49. The van der Waals surface area contributed by atoms with Crippen molar-refractivity contribution in [3.05, 3.63) is 60.2 Å². The summed E-state index contributed by atoms with van der Waals surface area (Å²) in [4.78, 5) is 18.8. The fourth-order valence-electron chi connectivity index (χ4n) is 3.49. The van der Waals surface area contributed by atoms with E-state index in [0.29, 0.717) is 18.7 Å². The van der Waals surface area contributed by atoms with E-state index in [9.17, 15) is 9.18 Å². The number of amides is 1. The first-order valence-corrected chi connectivity index (χ1v) is 8.30. The number of ether oxygens (including phenoxy) is 1. The summed E-state index contributed by atoms with van der Waals surface area (Å²) in [6.07, 6.45) is 5.59. The van der Waals surface area contributed by atoms with Gasteiger partial charge in [-0.15, -0.1) is 0 Å². The Hall–Kier alpha value is -2.43. The van der Waals surface area contributed by atoms with E-state index in [1.54, 1.807) is 30.6 Å². The van der Waals surface area contributed by atoms with Gasteiger partial charge in [-0.25, -0.2) is 4.39 Å². The molecule has 4 nitrogen and oxygen atoms in total. The molecule has 24 heavy (non-hydrogen) atoms.